The van der Waals surface area contributed by atoms with E-state index >= 15 is 0 Å². The number of rotatable bonds is 5. The molecule has 26 heavy (non-hydrogen) atoms. The quantitative estimate of drug-likeness (QED) is 0.279. The minimum absolute atomic E-state index is 0.00601. The topological polar surface area (TPSA) is 108 Å². The van der Waals surface area contributed by atoms with Gasteiger partial charge in [-0.3, -0.25) is 14.4 Å². The van der Waals surface area contributed by atoms with Crippen molar-refractivity contribution in [1.82, 2.24) is 5.32 Å². The minimum atomic E-state index is -0.734. The predicted molar refractivity (Wildman–Crippen MR) is 99.7 cm³/mol. The summed E-state index contributed by atoms with van der Waals surface area (Å²) in [6, 6.07) is 4.47. The molecule has 1 aliphatic carbocycles. The molecule has 1 fully saturated rings. The third-order valence-electron chi connectivity index (χ3n) is 4.42. The molecule has 1 amide bonds. The summed E-state index contributed by atoms with van der Waals surface area (Å²) < 4.78 is 0. The Morgan fingerprint density at radius 1 is 1.27 bits per heavy atom. The average Bonchev–Trinajstić information content (AvgIpc) is 2.62. The van der Waals surface area contributed by atoms with Gasteiger partial charge in [0.1, 0.15) is 16.9 Å². The first-order valence-electron chi connectivity index (χ1n) is 7.89. The molecule has 0 atom stereocenters. The number of anilines is 3. The van der Waals surface area contributed by atoms with Crippen molar-refractivity contribution in [3.8, 4) is 18.1 Å². The van der Waals surface area contributed by atoms with Crippen LogP contribution in [-0.4, -0.2) is 23.6 Å². The van der Waals surface area contributed by atoms with E-state index in [4.69, 9.17) is 6.42 Å². The molecule has 2 aromatic rings. The van der Waals surface area contributed by atoms with Crippen molar-refractivity contribution in [3.63, 3.8) is 0 Å². The third-order valence-corrected chi connectivity index (χ3v) is 4.42. The molecule has 0 saturated heterocycles. The van der Waals surface area contributed by atoms with Crippen LogP contribution in [0.3, 0.4) is 0 Å². The van der Waals surface area contributed by atoms with Crippen LogP contribution in [0.4, 0.5) is 17.1 Å². The van der Waals surface area contributed by atoms with Crippen molar-refractivity contribution in [2.45, 2.75) is 18.4 Å². The van der Waals surface area contributed by atoms with Gasteiger partial charge in [0, 0.05) is 19.9 Å². The zero-order chi connectivity index (χ0) is 19.1. The number of phenolic OH excluding ortho intramolecular Hbond substituents is 1. The van der Waals surface area contributed by atoms with Crippen LogP contribution in [0.5, 0.6) is 5.75 Å². The lowest BCUT2D eigenvalue weighted by Gasteiger charge is -2.41. The van der Waals surface area contributed by atoms with Crippen LogP contribution in [0.15, 0.2) is 39.9 Å². The fourth-order valence-electron chi connectivity index (χ4n) is 2.99. The Kier molecular flexibility index (Phi) is 4.04. The molecule has 0 heterocycles. The molecule has 7 heteroatoms. The number of hydrogen-bond donors (Lipinski definition) is 4. The van der Waals surface area contributed by atoms with Crippen LogP contribution in [-0.2, 0) is 0 Å². The maximum atomic E-state index is 12.0. The van der Waals surface area contributed by atoms with Gasteiger partial charge in [-0.1, -0.05) is 24.1 Å². The van der Waals surface area contributed by atoms with Crippen molar-refractivity contribution >= 4 is 23.0 Å². The fraction of sp³-hybridized carbons (Fsp3) is 0.211. The number of aromatic hydroxyl groups is 1. The number of terminal acetylenes is 1. The van der Waals surface area contributed by atoms with E-state index in [-0.39, 0.29) is 28.4 Å². The highest BCUT2D eigenvalue weighted by atomic mass is 16.3. The summed E-state index contributed by atoms with van der Waals surface area (Å²) in [5.74, 6) is 1.81. The van der Waals surface area contributed by atoms with E-state index in [9.17, 15) is 19.5 Å². The summed E-state index contributed by atoms with van der Waals surface area (Å²) in [6.07, 6.45) is 6.58. The maximum absolute atomic E-state index is 12.0. The number of carbonyl (C=O) groups is 1. The lowest BCUT2D eigenvalue weighted by atomic mass is 9.73. The van der Waals surface area contributed by atoms with E-state index in [2.05, 4.69) is 28.4 Å². The molecule has 3 rings (SSSR count). The Morgan fingerprint density at radius 3 is 2.50 bits per heavy atom. The second kappa shape index (κ2) is 6.08. The van der Waals surface area contributed by atoms with Crippen molar-refractivity contribution in [1.29, 1.82) is 0 Å². The highest BCUT2D eigenvalue weighted by Gasteiger charge is 2.40. The van der Waals surface area contributed by atoms with E-state index in [1.807, 2.05) is 0 Å². The third kappa shape index (κ3) is 2.62. The zero-order valence-electron chi connectivity index (χ0n) is 14.1. The normalized spacial score (nSPS) is 15.0. The standard InChI is InChI=1S/C19H17N3O4/c1-4-19(8-10(2)9-19)22-14-13(16(24)17(14)25)21-12-7-5-6-11(15(12)23)18(26)20-3/h1,5-7,21-23H,2,8-9H2,3H3,(H,20,26). The Balaban J connectivity index is 1.91. The van der Waals surface area contributed by atoms with Gasteiger partial charge in [-0.2, -0.15) is 0 Å². The van der Waals surface area contributed by atoms with E-state index in [1.165, 1.54) is 19.2 Å². The molecule has 0 aromatic heterocycles. The summed E-state index contributed by atoms with van der Waals surface area (Å²) in [5.41, 5.74) is -0.919. The molecule has 0 unspecified atom stereocenters. The van der Waals surface area contributed by atoms with Gasteiger partial charge in [0.25, 0.3) is 16.8 Å². The van der Waals surface area contributed by atoms with Crippen LogP contribution in [0.1, 0.15) is 23.2 Å². The summed E-state index contributed by atoms with van der Waals surface area (Å²) in [7, 11) is 1.44. The van der Waals surface area contributed by atoms with E-state index in [1.54, 1.807) is 6.07 Å². The molecule has 0 aliphatic heterocycles. The number of para-hydroxylation sites is 1. The van der Waals surface area contributed by atoms with Gasteiger partial charge < -0.3 is 21.1 Å². The number of nitrogens with one attached hydrogen (secondary N) is 3. The van der Waals surface area contributed by atoms with Gasteiger partial charge in [-0.15, -0.1) is 6.42 Å². The molecule has 132 valence electrons. The second-order valence-electron chi connectivity index (χ2n) is 6.27. The first-order chi connectivity index (χ1) is 12.3. The minimum Gasteiger partial charge on any atom is -0.505 e. The summed E-state index contributed by atoms with van der Waals surface area (Å²) in [4.78, 5) is 35.7. The smallest absolute Gasteiger partial charge is 0.254 e. The summed E-state index contributed by atoms with van der Waals surface area (Å²) in [6.45, 7) is 3.83. The molecule has 0 bridgehead atoms. The molecule has 0 spiro atoms. The van der Waals surface area contributed by atoms with Crippen LogP contribution in [0, 0.1) is 12.3 Å². The molecule has 1 saturated carbocycles. The largest absolute Gasteiger partial charge is 0.505 e. The van der Waals surface area contributed by atoms with E-state index in [0.717, 1.165) is 5.57 Å². The van der Waals surface area contributed by atoms with Crippen molar-refractivity contribution in [3.05, 3.63) is 56.4 Å². The van der Waals surface area contributed by atoms with Crippen LogP contribution < -0.4 is 26.8 Å². The summed E-state index contributed by atoms with van der Waals surface area (Å²) >= 11 is 0. The van der Waals surface area contributed by atoms with Gasteiger partial charge in [0.05, 0.1) is 11.3 Å². The number of carbonyl (C=O) groups excluding carboxylic acids is 1. The van der Waals surface area contributed by atoms with E-state index in [0.29, 0.717) is 12.8 Å². The average molecular weight is 351 g/mol. The molecule has 4 N–H and O–H groups in total. The Morgan fingerprint density at radius 2 is 1.92 bits per heavy atom. The highest BCUT2D eigenvalue weighted by molar-refractivity contribution is 5.99. The number of phenols is 1. The summed E-state index contributed by atoms with van der Waals surface area (Å²) in [5, 5.41) is 18.4. The Bertz CT molecular complexity index is 1030. The molecular weight excluding hydrogens is 334 g/mol. The highest BCUT2D eigenvalue weighted by Crippen LogP contribution is 2.40. The first-order valence-corrected chi connectivity index (χ1v) is 7.89. The fourth-order valence-corrected chi connectivity index (χ4v) is 2.99. The monoisotopic (exact) mass is 351 g/mol. The maximum Gasteiger partial charge on any atom is 0.254 e. The van der Waals surface area contributed by atoms with E-state index < -0.39 is 22.3 Å². The van der Waals surface area contributed by atoms with Gasteiger partial charge in [0.15, 0.2) is 5.75 Å². The van der Waals surface area contributed by atoms with Crippen LogP contribution in [0.25, 0.3) is 0 Å². The van der Waals surface area contributed by atoms with Crippen LogP contribution >= 0.6 is 0 Å². The number of hydrogen-bond acceptors (Lipinski definition) is 6. The van der Waals surface area contributed by atoms with Gasteiger partial charge in [-0.05, 0) is 12.1 Å². The van der Waals surface area contributed by atoms with Gasteiger partial charge >= 0.3 is 0 Å². The van der Waals surface area contributed by atoms with Crippen molar-refractivity contribution < 1.29 is 9.90 Å². The molecule has 0 radical (unpaired) electrons. The molecular formula is C19H17N3O4. The SMILES string of the molecule is C#CC1(Nc2c(Nc3cccc(C(=O)NC)c3O)c(=O)c2=O)CC(=C)C1. The van der Waals surface area contributed by atoms with Crippen molar-refractivity contribution in [2.75, 3.05) is 17.7 Å². The van der Waals surface area contributed by atoms with Gasteiger partial charge in [-0.25, -0.2) is 0 Å². The number of amides is 1. The lowest BCUT2D eigenvalue weighted by Crippen LogP contribution is -2.49. The number of benzene rings is 1. The molecule has 1 aliphatic rings. The lowest BCUT2D eigenvalue weighted by molar-refractivity contribution is 0.0960. The van der Waals surface area contributed by atoms with Gasteiger partial charge in [0.2, 0.25) is 0 Å². The molecule has 7 nitrogen and oxygen atoms in total. The van der Waals surface area contributed by atoms with Crippen LogP contribution in [0.2, 0.25) is 0 Å². The Labute approximate surface area is 149 Å². The molecule has 2 aromatic carbocycles. The predicted octanol–water partition coefficient (Wildman–Crippen LogP) is 1.23. The van der Waals surface area contributed by atoms with Crippen molar-refractivity contribution in [2.24, 2.45) is 0 Å². The Hall–Kier alpha value is -3.53. The zero-order valence-corrected chi connectivity index (χ0v) is 14.1. The first kappa shape index (κ1) is 17.3. The second-order valence-corrected chi connectivity index (χ2v) is 6.27.